The Morgan fingerprint density at radius 1 is 1.20 bits per heavy atom. The van der Waals surface area contributed by atoms with Crippen LogP contribution in [-0.2, 0) is 0 Å². The van der Waals surface area contributed by atoms with E-state index in [0.29, 0.717) is 10.8 Å². The van der Waals surface area contributed by atoms with E-state index in [1.165, 1.54) is 19.5 Å². The Kier molecular flexibility index (Phi) is 1.80. The molecule has 1 nitrogen and oxygen atoms in total. The molecule has 0 bridgehead atoms. The normalized spacial score (nSPS) is 38.4. The monoisotopic (exact) mass is 141 g/mol. The molecule has 0 spiro atoms. The molecule has 0 aromatic rings. The topological polar surface area (TPSA) is 12.0 Å². The molecule has 1 saturated heterocycles. The molecule has 1 aliphatic heterocycles. The molecule has 0 aromatic carbocycles. The van der Waals surface area contributed by atoms with E-state index in [-0.39, 0.29) is 0 Å². The SMILES string of the molecule is CC[C@]1(C)CNCC1(C)C. The van der Waals surface area contributed by atoms with Gasteiger partial charge in [0.1, 0.15) is 0 Å². The average molecular weight is 141 g/mol. The first-order valence-electron chi connectivity index (χ1n) is 4.22. The third-order valence-electron chi connectivity index (χ3n) is 3.50. The zero-order valence-electron chi connectivity index (χ0n) is 7.62. The van der Waals surface area contributed by atoms with Crippen LogP contribution in [0, 0.1) is 10.8 Å². The average Bonchev–Trinajstić information content (AvgIpc) is 2.10. The lowest BCUT2D eigenvalue weighted by Gasteiger charge is -2.36. The van der Waals surface area contributed by atoms with Gasteiger partial charge in [-0.05, 0) is 17.3 Å². The number of nitrogens with one attached hydrogen (secondary N) is 1. The minimum atomic E-state index is 0.488. The van der Waals surface area contributed by atoms with Gasteiger partial charge < -0.3 is 5.32 Å². The highest BCUT2D eigenvalue weighted by molar-refractivity contribution is 4.96. The van der Waals surface area contributed by atoms with Crippen LogP contribution < -0.4 is 5.32 Å². The van der Waals surface area contributed by atoms with E-state index in [4.69, 9.17) is 0 Å². The van der Waals surface area contributed by atoms with E-state index in [1.807, 2.05) is 0 Å². The van der Waals surface area contributed by atoms with Crippen LogP contribution >= 0.6 is 0 Å². The van der Waals surface area contributed by atoms with Crippen molar-refractivity contribution in [1.29, 1.82) is 0 Å². The molecule has 0 radical (unpaired) electrons. The molecule has 10 heavy (non-hydrogen) atoms. The fourth-order valence-corrected chi connectivity index (χ4v) is 1.71. The van der Waals surface area contributed by atoms with Crippen LogP contribution in [0.4, 0.5) is 0 Å². The standard InChI is InChI=1S/C9H19N/c1-5-9(4)7-10-6-8(9,2)3/h10H,5-7H2,1-4H3/t9-/m1/s1. The first kappa shape index (κ1) is 8.06. The van der Waals surface area contributed by atoms with Crippen molar-refractivity contribution in [1.82, 2.24) is 5.32 Å². The Morgan fingerprint density at radius 2 is 1.80 bits per heavy atom. The van der Waals surface area contributed by atoms with Gasteiger partial charge in [-0.15, -0.1) is 0 Å². The van der Waals surface area contributed by atoms with Crippen molar-refractivity contribution in [3.63, 3.8) is 0 Å². The van der Waals surface area contributed by atoms with E-state index >= 15 is 0 Å². The summed E-state index contributed by atoms with van der Waals surface area (Å²) in [6.07, 6.45) is 1.28. The number of hydrogen-bond acceptors (Lipinski definition) is 1. The zero-order valence-corrected chi connectivity index (χ0v) is 7.62. The summed E-state index contributed by atoms with van der Waals surface area (Å²) >= 11 is 0. The van der Waals surface area contributed by atoms with Crippen LogP contribution in [0.2, 0.25) is 0 Å². The van der Waals surface area contributed by atoms with E-state index < -0.39 is 0 Å². The van der Waals surface area contributed by atoms with Crippen molar-refractivity contribution in [2.75, 3.05) is 13.1 Å². The lowest BCUT2D eigenvalue weighted by atomic mass is 9.68. The summed E-state index contributed by atoms with van der Waals surface area (Å²) in [5, 5.41) is 3.45. The van der Waals surface area contributed by atoms with Gasteiger partial charge in [0.15, 0.2) is 0 Å². The summed E-state index contributed by atoms with van der Waals surface area (Å²) in [5.41, 5.74) is 1.01. The largest absolute Gasteiger partial charge is 0.316 e. The fourth-order valence-electron chi connectivity index (χ4n) is 1.71. The molecule has 0 aromatic heterocycles. The molecule has 1 N–H and O–H groups in total. The summed E-state index contributed by atoms with van der Waals surface area (Å²) in [6, 6.07) is 0. The molecule has 1 aliphatic rings. The predicted molar refractivity (Wildman–Crippen MR) is 45.0 cm³/mol. The smallest absolute Gasteiger partial charge is 0.00109 e. The van der Waals surface area contributed by atoms with E-state index in [2.05, 4.69) is 33.0 Å². The Labute approximate surface area is 64.2 Å². The lowest BCUT2D eigenvalue weighted by molar-refractivity contribution is 0.152. The highest BCUT2D eigenvalue weighted by atomic mass is 15.0. The summed E-state index contributed by atoms with van der Waals surface area (Å²) in [7, 11) is 0. The quantitative estimate of drug-likeness (QED) is 0.589. The second-order valence-corrected chi connectivity index (χ2v) is 4.40. The van der Waals surface area contributed by atoms with Crippen molar-refractivity contribution in [2.24, 2.45) is 10.8 Å². The van der Waals surface area contributed by atoms with Gasteiger partial charge in [-0.3, -0.25) is 0 Å². The van der Waals surface area contributed by atoms with Crippen LogP contribution in [0.5, 0.6) is 0 Å². The molecule has 1 heterocycles. The third kappa shape index (κ3) is 0.968. The molecule has 1 rings (SSSR count). The van der Waals surface area contributed by atoms with Crippen molar-refractivity contribution in [3.05, 3.63) is 0 Å². The number of rotatable bonds is 1. The second kappa shape index (κ2) is 2.23. The Hall–Kier alpha value is -0.0400. The molecule has 60 valence electrons. The summed E-state index contributed by atoms with van der Waals surface area (Å²) in [4.78, 5) is 0. The predicted octanol–water partition coefficient (Wildman–Crippen LogP) is 2.03. The minimum absolute atomic E-state index is 0.488. The molecule has 1 heteroatoms. The third-order valence-corrected chi connectivity index (χ3v) is 3.50. The van der Waals surface area contributed by atoms with Crippen LogP contribution in [0.15, 0.2) is 0 Å². The highest BCUT2D eigenvalue weighted by Gasteiger charge is 2.43. The molecule has 1 fully saturated rings. The van der Waals surface area contributed by atoms with Gasteiger partial charge in [-0.2, -0.15) is 0 Å². The van der Waals surface area contributed by atoms with Crippen LogP contribution in [0.1, 0.15) is 34.1 Å². The zero-order chi connectivity index (χ0) is 7.83. The van der Waals surface area contributed by atoms with Gasteiger partial charge in [-0.1, -0.05) is 27.7 Å². The molecule has 0 amide bonds. The highest BCUT2D eigenvalue weighted by Crippen LogP contribution is 2.43. The van der Waals surface area contributed by atoms with Crippen LogP contribution in [0.3, 0.4) is 0 Å². The first-order chi connectivity index (χ1) is 4.52. The fraction of sp³-hybridized carbons (Fsp3) is 1.00. The lowest BCUT2D eigenvalue weighted by Crippen LogP contribution is -2.32. The van der Waals surface area contributed by atoms with Gasteiger partial charge in [0.25, 0.3) is 0 Å². The van der Waals surface area contributed by atoms with Gasteiger partial charge >= 0.3 is 0 Å². The molecule has 0 saturated carbocycles. The van der Waals surface area contributed by atoms with E-state index in [1.54, 1.807) is 0 Å². The molecule has 0 aliphatic carbocycles. The van der Waals surface area contributed by atoms with Crippen molar-refractivity contribution in [3.8, 4) is 0 Å². The van der Waals surface area contributed by atoms with Crippen molar-refractivity contribution in [2.45, 2.75) is 34.1 Å². The van der Waals surface area contributed by atoms with Crippen LogP contribution in [-0.4, -0.2) is 13.1 Å². The van der Waals surface area contributed by atoms with Gasteiger partial charge in [0.2, 0.25) is 0 Å². The summed E-state index contributed by atoms with van der Waals surface area (Å²) in [5.74, 6) is 0. The van der Waals surface area contributed by atoms with Crippen molar-refractivity contribution >= 4 is 0 Å². The van der Waals surface area contributed by atoms with E-state index in [0.717, 1.165) is 0 Å². The maximum Gasteiger partial charge on any atom is 0.00109 e. The Morgan fingerprint density at radius 3 is 2.00 bits per heavy atom. The molecular formula is C9H19N. The first-order valence-corrected chi connectivity index (χ1v) is 4.22. The molecule has 0 unspecified atom stereocenters. The maximum atomic E-state index is 3.45. The second-order valence-electron chi connectivity index (χ2n) is 4.40. The van der Waals surface area contributed by atoms with Crippen LogP contribution in [0.25, 0.3) is 0 Å². The molecule has 1 atom stereocenters. The minimum Gasteiger partial charge on any atom is -0.316 e. The van der Waals surface area contributed by atoms with Gasteiger partial charge in [-0.25, -0.2) is 0 Å². The van der Waals surface area contributed by atoms with E-state index in [9.17, 15) is 0 Å². The Bertz CT molecular complexity index is 129. The molecular weight excluding hydrogens is 122 g/mol. The van der Waals surface area contributed by atoms with Gasteiger partial charge in [0.05, 0.1) is 0 Å². The summed E-state index contributed by atoms with van der Waals surface area (Å²) in [6.45, 7) is 11.8. The Balaban J connectivity index is 2.76. The number of hydrogen-bond donors (Lipinski definition) is 1. The summed E-state index contributed by atoms with van der Waals surface area (Å²) < 4.78 is 0. The maximum absolute atomic E-state index is 3.45. The van der Waals surface area contributed by atoms with Gasteiger partial charge in [0, 0.05) is 13.1 Å². The van der Waals surface area contributed by atoms with Crippen molar-refractivity contribution < 1.29 is 0 Å².